The lowest BCUT2D eigenvalue weighted by molar-refractivity contribution is -0.124. The quantitative estimate of drug-likeness (QED) is 0.839. The maximum atomic E-state index is 11.9. The van der Waals surface area contributed by atoms with E-state index in [1.165, 1.54) is 6.33 Å². The number of hydrogen-bond donors (Lipinski definition) is 2. The van der Waals surface area contributed by atoms with Gasteiger partial charge in [-0.25, -0.2) is 9.97 Å². The van der Waals surface area contributed by atoms with Crippen molar-refractivity contribution < 1.29 is 9.53 Å². The van der Waals surface area contributed by atoms with Gasteiger partial charge < -0.3 is 15.4 Å². The van der Waals surface area contributed by atoms with Crippen molar-refractivity contribution in [3.8, 4) is 11.6 Å². The van der Waals surface area contributed by atoms with E-state index in [0.717, 1.165) is 24.2 Å². The van der Waals surface area contributed by atoms with Crippen LogP contribution in [-0.2, 0) is 4.79 Å². The number of hydrogen-bond acceptors (Lipinski definition) is 7. The highest BCUT2D eigenvalue weighted by Crippen LogP contribution is 2.28. The molecule has 1 saturated heterocycles. The molecule has 8 nitrogen and oxygen atoms in total. The SMILES string of the molecule is CNC(=O)[C@@H]1C[C@@H](Nc2ncnc(Oc3cccnc3C)c2C)CN1C. The molecule has 8 heteroatoms. The first-order valence-corrected chi connectivity index (χ1v) is 8.59. The fourth-order valence-corrected chi connectivity index (χ4v) is 3.13. The van der Waals surface area contributed by atoms with Gasteiger partial charge in [0.15, 0.2) is 5.75 Å². The molecule has 0 radical (unpaired) electrons. The summed E-state index contributed by atoms with van der Waals surface area (Å²) in [6.07, 6.45) is 3.92. The number of anilines is 1. The summed E-state index contributed by atoms with van der Waals surface area (Å²) in [5.41, 5.74) is 1.62. The molecule has 0 aromatic carbocycles. The van der Waals surface area contributed by atoms with Gasteiger partial charge in [-0.3, -0.25) is 14.7 Å². The molecule has 2 aromatic heterocycles. The van der Waals surface area contributed by atoms with Crippen molar-refractivity contribution in [3.05, 3.63) is 35.9 Å². The second kappa shape index (κ2) is 7.65. The molecule has 1 amide bonds. The van der Waals surface area contributed by atoms with E-state index in [-0.39, 0.29) is 18.0 Å². The number of likely N-dealkylation sites (N-methyl/N-ethyl adjacent to an activating group) is 2. The van der Waals surface area contributed by atoms with E-state index in [1.807, 2.05) is 37.9 Å². The first-order chi connectivity index (χ1) is 12.5. The summed E-state index contributed by atoms with van der Waals surface area (Å²) in [7, 11) is 3.61. The minimum Gasteiger partial charge on any atom is -0.437 e. The Balaban J connectivity index is 1.74. The second-order valence-electron chi connectivity index (χ2n) is 6.49. The average molecular weight is 356 g/mol. The van der Waals surface area contributed by atoms with Crippen LogP contribution in [0.4, 0.5) is 5.82 Å². The molecular formula is C18H24N6O2. The number of carbonyl (C=O) groups is 1. The minimum absolute atomic E-state index is 0.0345. The Kier molecular flexibility index (Phi) is 5.32. The zero-order valence-electron chi connectivity index (χ0n) is 15.5. The Labute approximate surface area is 153 Å². The third-order valence-corrected chi connectivity index (χ3v) is 4.64. The van der Waals surface area contributed by atoms with E-state index in [9.17, 15) is 4.79 Å². The molecule has 0 bridgehead atoms. The average Bonchev–Trinajstić information content (AvgIpc) is 3.00. The zero-order chi connectivity index (χ0) is 18.7. The monoisotopic (exact) mass is 356 g/mol. The van der Waals surface area contributed by atoms with E-state index in [4.69, 9.17) is 4.74 Å². The number of amides is 1. The Morgan fingerprint density at radius 3 is 2.85 bits per heavy atom. The molecule has 0 unspecified atom stereocenters. The molecule has 26 heavy (non-hydrogen) atoms. The Hall–Kier alpha value is -2.74. The maximum absolute atomic E-state index is 11.9. The molecule has 3 rings (SSSR count). The third-order valence-electron chi connectivity index (χ3n) is 4.64. The van der Waals surface area contributed by atoms with Gasteiger partial charge in [0, 0.05) is 25.8 Å². The van der Waals surface area contributed by atoms with Gasteiger partial charge in [0.05, 0.1) is 17.3 Å². The van der Waals surface area contributed by atoms with Gasteiger partial charge in [-0.2, -0.15) is 0 Å². The van der Waals surface area contributed by atoms with E-state index in [1.54, 1.807) is 13.2 Å². The van der Waals surface area contributed by atoms with Crippen molar-refractivity contribution >= 4 is 11.7 Å². The highest BCUT2D eigenvalue weighted by Gasteiger charge is 2.34. The number of pyridine rings is 1. The van der Waals surface area contributed by atoms with Crippen LogP contribution in [0.15, 0.2) is 24.7 Å². The second-order valence-corrected chi connectivity index (χ2v) is 6.49. The normalized spacial score (nSPS) is 20.0. The molecule has 2 aromatic rings. The third kappa shape index (κ3) is 3.75. The summed E-state index contributed by atoms with van der Waals surface area (Å²) in [5, 5.41) is 6.14. The van der Waals surface area contributed by atoms with Crippen LogP contribution in [0.1, 0.15) is 17.7 Å². The molecule has 0 saturated carbocycles. The number of rotatable bonds is 5. The summed E-state index contributed by atoms with van der Waals surface area (Å²) < 4.78 is 5.91. The van der Waals surface area contributed by atoms with Crippen molar-refractivity contribution in [2.45, 2.75) is 32.4 Å². The number of ether oxygens (including phenoxy) is 1. The molecule has 2 N–H and O–H groups in total. The van der Waals surface area contributed by atoms with Gasteiger partial charge in [-0.05, 0) is 39.4 Å². The molecular weight excluding hydrogens is 332 g/mol. The van der Waals surface area contributed by atoms with E-state index < -0.39 is 0 Å². The Morgan fingerprint density at radius 2 is 2.12 bits per heavy atom. The van der Waals surface area contributed by atoms with Gasteiger partial charge in [0.2, 0.25) is 11.8 Å². The van der Waals surface area contributed by atoms with Crippen LogP contribution in [0.2, 0.25) is 0 Å². The Morgan fingerprint density at radius 1 is 1.31 bits per heavy atom. The molecule has 1 aliphatic heterocycles. The Bertz CT molecular complexity index is 797. The highest BCUT2D eigenvalue weighted by molar-refractivity contribution is 5.82. The topological polar surface area (TPSA) is 92.3 Å². The summed E-state index contributed by atoms with van der Waals surface area (Å²) in [4.78, 5) is 26.8. The van der Waals surface area contributed by atoms with Crippen LogP contribution in [-0.4, -0.2) is 58.5 Å². The number of aromatic nitrogens is 3. The molecule has 1 aliphatic rings. The van der Waals surface area contributed by atoms with Crippen LogP contribution in [0.25, 0.3) is 0 Å². The van der Waals surface area contributed by atoms with Crippen LogP contribution in [0, 0.1) is 13.8 Å². The van der Waals surface area contributed by atoms with Crippen molar-refractivity contribution in [1.82, 2.24) is 25.2 Å². The number of nitrogens with one attached hydrogen (secondary N) is 2. The van der Waals surface area contributed by atoms with Crippen molar-refractivity contribution in [2.75, 3.05) is 26.0 Å². The fourth-order valence-electron chi connectivity index (χ4n) is 3.13. The lowest BCUT2D eigenvalue weighted by Crippen LogP contribution is -2.39. The van der Waals surface area contributed by atoms with Crippen molar-refractivity contribution in [1.29, 1.82) is 0 Å². The predicted molar refractivity (Wildman–Crippen MR) is 98.3 cm³/mol. The standard InChI is InChI=1S/C18H24N6O2/c1-11-16(23-13-8-14(17(25)19-3)24(4)9-13)21-10-22-18(11)26-15-6-5-7-20-12(15)2/h5-7,10,13-14H,8-9H2,1-4H3,(H,19,25)(H,21,22,23)/t13-,14+/m1/s1. The fraction of sp³-hybridized carbons (Fsp3) is 0.444. The minimum atomic E-state index is -0.131. The smallest absolute Gasteiger partial charge is 0.237 e. The van der Waals surface area contributed by atoms with Crippen LogP contribution in [0.3, 0.4) is 0 Å². The van der Waals surface area contributed by atoms with Crippen LogP contribution < -0.4 is 15.4 Å². The number of nitrogens with zero attached hydrogens (tertiary/aromatic N) is 4. The molecule has 3 heterocycles. The first kappa shape index (κ1) is 18.1. The van der Waals surface area contributed by atoms with Crippen LogP contribution in [0.5, 0.6) is 11.6 Å². The zero-order valence-corrected chi connectivity index (χ0v) is 15.5. The summed E-state index contributed by atoms with van der Waals surface area (Å²) >= 11 is 0. The summed E-state index contributed by atoms with van der Waals surface area (Å²) in [6, 6.07) is 3.68. The number of aryl methyl sites for hydroxylation is 1. The molecule has 0 spiro atoms. The maximum Gasteiger partial charge on any atom is 0.237 e. The van der Waals surface area contributed by atoms with E-state index >= 15 is 0 Å². The van der Waals surface area contributed by atoms with Crippen LogP contribution >= 0.6 is 0 Å². The lowest BCUT2D eigenvalue weighted by Gasteiger charge is -2.16. The van der Waals surface area contributed by atoms with Gasteiger partial charge >= 0.3 is 0 Å². The largest absolute Gasteiger partial charge is 0.437 e. The van der Waals surface area contributed by atoms with E-state index in [2.05, 4.69) is 25.6 Å². The summed E-state index contributed by atoms with van der Waals surface area (Å²) in [5.74, 6) is 1.91. The van der Waals surface area contributed by atoms with Crippen molar-refractivity contribution in [2.24, 2.45) is 0 Å². The molecule has 0 aliphatic carbocycles. The summed E-state index contributed by atoms with van der Waals surface area (Å²) in [6.45, 7) is 4.57. The molecule has 138 valence electrons. The number of carbonyl (C=O) groups excluding carboxylic acids is 1. The predicted octanol–water partition coefficient (Wildman–Crippen LogP) is 1.51. The molecule has 2 atom stereocenters. The number of likely N-dealkylation sites (tertiary alicyclic amines) is 1. The lowest BCUT2D eigenvalue weighted by atomic mass is 10.1. The van der Waals surface area contributed by atoms with Crippen molar-refractivity contribution in [3.63, 3.8) is 0 Å². The van der Waals surface area contributed by atoms with Gasteiger partial charge in [-0.1, -0.05) is 0 Å². The molecule has 1 fully saturated rings. The highest BCUT2D eigenvalue weighted by atomic mass is 16.5. The first-order valence-electron chi connectivity index (χ1n) is 8.59. The van der Waals surface area contributed by atoms with Gasteiger partial charge in [-0.15, -0.1) is 0 Å². The van der Waals surface area contributed by atoms with E-state index in [0.29, 0.717) is 17.4 Å². The van der Waals surface area contributed by atoms with Gasteiger partial charge in [0.25, 0.3) is 0 Å². The van der Waals surface area contributed by atoms with Gasteiger partial charge in [0.1, 0.15) is 12.1 Å².